The van der Waals surface area contributed by atoms with Gasteiger partial charge in [0, 0.05) is 15.7 Å². The van der Waals surface area contributed by atoms with E-state index >= 15 is 0 Å². The van der Waals surface area contributed by atoms with Gasteiger partial charge in [-0.25, -0.2) is 10.2 Å². The Morgan fingerprint density at radius 2 is 1.73 bits per heavy atom. The maximum Gasteiger partial charge on any atom is 0.345 e. The van der Waals surface area contributed by atoms with E-state index in [9.17, 15) is 14.4 Å². The van der Waals surface area contributed by atoms with Crippen LogP contribution in [0, 0.1) is 0 Å². The van der Waals surface area contributed by atoms with Gasteiger partial charge >= 0.3 is 17.8 Å². The molecule has 3 aromatic rings. The summed E-state index contributed by atoms with van der Waals surface area (Å²) >= 11 is 9.37. The molecule has 2 amide bonds. The van der Waals surface area contributed by atoms with Crippen molar-refractivity contribution < 1.29 is 23.9 Å². The molecule has 0 atom stereocenters. The maximum absolute atomic E-state index is 12.5. The van der Waals surface area contributed by atoms with E-state index in [-0.39, 0.29) is 16.3 Å². The highest BCUT2D eigenvalue weighted by atomic mass is 79.9. The van der Waals surface area contributed by atoms with E-state index in [1.807, 2.05) is 0 Å². The molecule has 0 saturated carbocycles. The van der Waals surface area contributed by atoms with Crippen LogP contribution in [-0.4, -0.2) is 31.1 Å². The molecule has 3 aromatic carbocycles. The molecule has 0 aliphatic carbocycles. The lowest BCUT2D eigenvalue weighted by atomic mass is 10.2. The second kappa shape index (κ2) is 11.3. The fourth-order valence-electron chi connectivity index (χ4n) is 2.57. The summed E-state index contributed by atoms with van der Waals surface area (Å²) in [6.07, 6.45) is 1.25. The first-order valence-corrected chi connectivity index (χ1v) is 10.6. The Bertz CT molecular complexity index is 1210. The fourth-order valence-corrected chi connectivity index (χ4v) is 3.16. The zero-order valence-corrected chi connectivity index (χ0v) is 19.5. The smallest absolute Gasteiger partial charge is 0.345 e. The molecule has 168 valence electrons. The van der Waals surface area contributed by atoms with Gasteiger partial charge in [-0.05, 0) is 54.6 Å². The summed E-state index contributed by atoms with van der Waals surface area (Å²) in [5, 5.41) is 6.48. The number of methoxy groups -OCH3 is 1. The van der Waals surface area contributed by atoms with Crippen LogP contribution in [0.1, 0.15) is 15.9 Å². The molecule has 0 radical (unpaired) electrons. The predicted octanol–water partition coefficient (Wildman–Crippen LogP) is 4.42. The normalized spacial score (nSPS) is 10.5. The van der Waals surface area contributed by atoms with E-state index in [1.54, 1.807) is 66.7 Å². The number of anilines is 1. The minimum atomic E-state index is -0.980. The van der Waals surface area contributed by atoms with Gasteiger partial charge in [-0.3, -0.25) is 9.59 Å². The van der Waals surface area contributed by atoms with Crippen LogP contribution in [0.25, 0.3) is 0 Å². The zero-order valence-electron chi connectivity index (χ0n) is 17.2. The Morgan fingerprint density at radius 1 is 1.00 bits per heavy atom. The van der Waals surface area contributed by atoms with Crippen molar-refractivity contribution in [3.63, 3.8) is 0 Å². The highest BCUT2D eigenvalue weighted by molar-refractivity contribution is 9.10. The van der Waals surface area contributed by atoms with Gasteiger partial charge in [0.2, 0.25) is 0 Å². The third-order valence-electron chi connectivity index (χ3n) is 4.19. The molecule has 10 heteroatoms. The molecular weight excluding hydrogens is 514 g/mol. The number of esters is 1. The van der Waals surface area contributed by atoms with E-state index in [4.69, 9.17) is 21.1 Å². The molecule has 2 N–H and O–H groups in total. The monoisotopic (exact) mass is 529 g/mol. The van der Waals surface area contributed by atoms with Gasteiger partial charge in [0.15, 0.2) is 0 Å². The van der Waals surface area contributed by atoms with Crippen molar-refractivity contribution in [2.45, 2.75) is 0 Å². The largest absolute Gasteiger partial charge is 0.497 e. The lowest BCUT2D eigenvalue weighted by Gasteiger charge is -2.09. The van der Waals surface area contributed by atoms with Gasteiger partial charge in [0.25, 0.3) is 0 Å². The number of ether oxygens (including phenoxy) is 2. The number of halogens is 2. The second-order valence-electron chi connectivity index (χ2n) is 6.43. The Hall–Kier alpha value is -3.69. The minimum Gasteiger partial charge on any atom is -0.497 e. The van der Waals surface area contributed by atoms with Crippen molar-refractivity contribution in [1.82, 2.24) is 5.43 Å². The molecule has 3 rings (SSSR count). The van der Waals surface area contributed by atoms with Crippen molar-refractivity contribution in [3.05, 3.63) is 87.4 Å². The summed E-state index contributed by atoms with van der Waals surface area (Å²) in [6, 6.07) is 17.8. The summed E-state index contributed by atoms with van der Waals surface area (Å²) in [5.41, 5.74) is 3.13. The van der Waals surface area contributed by atoms with Crippen molar-refractivity contribution >= 4 is 57.2 Å². The first-order valence-electron chi connectivity index (χ1n) is 9.42. The van der Waals surface area contributed by atoms with Crippen LogP contribution in [0.2, 0.25) is 5.02 Å². The first-order chi connectivity index (χ1) is 15.9. The number of amides is 2. The quantitative estimate of drug-likeness (QED) is 0.161. The molecule has 0 fully saturated rings. The van der Waals surface area contributed by atoms with Gasteiger partial charge in [0.1, 0.15) is 11.5 Å². The number of hydrazone groups is 1. The molecule has 0 unspecified atom stereocenters. The topological polar surface area (TPSA) is 106 Å². The predicted molar refractivity (Wildman–Crippen MR) is 128 cm³/mol. The van der Waals surface area contributed by atoms with E-state index in [0.717, 1.165) is 0 Å². The Balaban J connectivity index is 1.65. The number of nitrogens with one attached hydrogen (secondary N) is 2. The zero-order chi connectivity index (χ0) is 23.8. The fraction of sp³-hybridized carbons (Fsp3) is 0.0435. The lowest BCUT2D eigenvalue weighted by molar-refractivity contribution is -0.136. The molecule has 0 aliphatic heterocycles. The molecule has 0 bridgehead atoms. The molecule has 0 spiro atoms. The van der Waals surface area contributed by atoms with E-state index in [0.29, 0.717) is 21.5 Å². The van der Waals surface area contributed by atoms with Crippen LogP contribution >= 0.6 is 27.5 Å². The average Bonchev–Trinajstić information content (AvgIpc) is 2.81. The number of hydrogen-bond acceptors (Lipinski definition) is 6. The number of benzene rings is 3. The summed E-state index contributed by atoms with van der Waals surface area (Å²) in [7, 11) is 1.52. The molecule has 33 heavy (non-hydrogen) atoms. The van der Waals surface area contributed by atoms with Crippen molar-refractivity contribution in [2.75, 3.05) is 12.4 Å². The van der Waals surface area contributed by atoms with Gasteiger partial charge in [-0.1, -0.05) is 39.7 Å². The molecule has 0 aliphatic rings. The molecule has 0 saturated heterocycles. The van der Waals surface area contributed by atoms with Crippen molar-refractivity contribution in [1.29, 1.82) is 0 Å². The number of carbonyl (C=O) groups excluding carboxylic acids is 3. The standard InChI is InChI=1S/C23H17BrClN3O5/c1-32-17-9-7-16(8-10-17)27-21(29)22(30)28-26-13-14-12-15(24)6-11-20(14)33-23(31)18-4-2-3-5-19(18)25/h2-13H,1H3,(H,27,29)(H,28,30). The van der Waals surface area contributed by atoms with Crippen LogP contribution < -0.4 is 20.2 Å². The number of carbonyl (C=O) groups is 3. The van der Waals surface area contributed by atoms with Crippen LogP contribution in [0.5, 0.6) is 11.5 Å². The number of rotatable bonds is 6. The van der Waals surface area contributed by atoms with Gasteiger partial charge in [-0.2, -0.15) is 5.10 Å². The third kappa shape index (κ3) is 6.64. The lowest BCUT2D eigenvalue weighted by Crippen LogP contribution is -2.32. The summed E-state index contributed by atoms with van der Waals surface area (Å²) in [4.78, 5) is 36.6. The molecule has 0 heterocycles. The Morgan fingerprint density at radius 3 is 2.42 bits per heavy atom. The van der Waals surface area contributed by atoms with Crippen LogP contribution in [0.3, 0.4) is 0 Å². The van der Waals surface area contributed by atoms with Gasteiger partial charge in [-0.15, -0.1) is 0 Å². The highest BCUT2D eigenvalue weighted by Crippen LogP contribution is 2.24. The highest BCUT2D eigenvalue weighted by Gasteiger charge is 2.15. The van der Waals surface area contributed by atoms with Gasteiger partial charge in [0.05, 0.1) is 23.9 Å². The SMILES string of the molecule is COc1ccc(NC(=O)C(=O)NN=Cc2cc(Br)ccc2OC(=O)c2ccccc2Cl)cc1. The minimum absolute atomic E-state index is 0.184. The van der Waals surface area contributed by atoms with Gasteiger partial charge < -0.3 is 14.8 Å². The first kappa shape index (κ1) is 24.0. The summed E-state index contributed by atoms with van der Waals surface area (Å²) in [6.45, 7) is 0. The maximum atomic E-state index is 12.5. The van der Waals surface area contributed by atoms with Crippen molar-refractivity contribution in [2.24, 2.45) is 5.10 Å². The Kier molecular flexibility index (Phi) is 8.17. The third-order valence-corrected chi connectivity index (χ3v) is 5.01. The van der Waals surface area contributed by atoms with Crippen molar-refractivity contribution in [3.8, 4) is 11.5 Å². The second-order valence-corrected chi connectivity index (χ2v) is 7.76. The number of hydrogen-bond donors (Lipinski definition) is 2. The van der Waals surface area contributed by atoms with Crippen LogP contribution in [-0.2, 0) is 9.59 Å². The van der Waals surface area contributed by atoms with E-state index in [2.05, 4.69) is 31.8 Å². The Labute approximate surface area is 202 Å². The summed E-state index contributed by atoms with van der Waals surface area (Å²) < 4.78 is 11.2. The van der Waals surface area contributed by atoms with Crippen LogP contribution in [0.15, 0.2) is 76.3 Å². The van der Waals surface area contributed by atoms with Crippen LogP contribution in [0.4, 0.5) is 5.69 Å². The van der Waals surface area contributed by atoms with E-state index in [1.165, 1.54) is 13.3 Å². The molecule has 0 aromatic heterocycles. The number of nitrogens with zero attached hydrogens (tertiary/aromatic N) is 1. The van der Waals surface area contributed by atoms with E-state index < -0.39 is 17.8 Å². The summed E-state index contributed by atoms with van der Waals surface area (Å²) in [5.74, 6) is -1.74. The molecule has 8 nitrogen and oxygen atoms in total. The molecular formula is C23H17BrClN3O5. The average molecular weight is 531 g/mol.